The molecule has 2 atom stereocenters. The summed E-state index contributed by atoms with van der Waals surface area (Å²) in [5.74, 6) is -0.620. The molecule has 0 heterocycles. The summed E-state index contributed by atoms with van der Waals surface area (Å²) in [7, 11) is 1.42. The van der Waals surface area contributed by atoms with Gasteiger partial charge in [0.15, 0.2) is 0 Å². The number of rotatable bonds is 4. The molecule has 2 aromatic carbocycles. The molecule has 3 nitrogen and oxygen atoms in total. The van der Waals surface area contributed by atoms with Crippen LogP contribution in [0.4, 0.5) is 14.5 Å². The predicted molar refractivity (Wildman–Crippen MR) is 78.8 cm³/mol. The lowest BCUT2D eigenvalue weighted by Gasteiger charge is -2.10. The zero-order chi connectivity index (χ0) is 15.7. The van der Waals surface area contributed by atoms with Gasteiger partial charge in [0.05, 0.1) is 12.8 Å². The maximum atomic E-state index is 13.1. The molecule has 22 heavy (non-hydrogen) atoms. The standard InChI is InChI=1S/C17H15F2NO2/c1-22-16-8-12(19)6-7-15(16)20-17(21)14-9-13(14)10-2-4-11(18)5-3-10/h2-8,13-14H,9H2,1H3,(H,20,21)/t13-,14-/m0/s1. The van der Waals surface area contributed by atoms with Crippen LogP contribution in [0, 0.1) is 17.6 Å². The van der Waals surface area contributed by atoms with E-state index in [-0.39, 0.29) is 29.3 Å². The highest BCUT2D eigenvalue weighted by atomic mass is 19.1. The van der Waals surface area contributed by atoms with Crippen molar-refractivity contribution >= 4 is 11.6 Å². The zero-order valence-corrected chi connectivity index (χ0v) is 12.0. The number of anilines is 1. The lowest BCUT2D eigenvalue weighted by atomic mass is 10.1. The van der Waals surface area contributed by atoms with Crippen molar-refractivity contribution in [1.82, 2.24) is 0 Å². The molecule has 1 aliphatic rings. The Morgan fingerprint density at radius 3 is 2.50 bits per heavy atom. The van der Waals surface area contributed by atoms with Crippen LogP contribution in [0.2, 0.25) is 0 Å². The first-order valence-electron chi connectivity index (χ1n) is 6.98. The van der Waals surface area contributed by atoms with Crippen molar-refractivity contribution in [3.05, 3.63) is 59.7 Å². The van der Waals surface area contributed by atoms with Crippen LogP contribution in [0.1, 0.15) is 17.9 Å². The summed E-state index contributed by atoms with van der Waals surface area (Å²) in [6.07, 6.45) is 0.723. The van der Waals surface area contributed by atoms with Crippen LogP contribution in [0.25, 0.3) is 0 Å². The van der Waals surface area contributed by atoms with Crippen LogP contribution in [-0.2, 0) is 4.79 Å². The van der Waals surface area contributed by atoms with Gasteiger partial charge in [-0.25, -0.2) is 8.78 Å². The monoisotopic (exact) mass is 303 g/mol. The number of benzene rings is 2. The zero-order valence-electron chi connectivity index (χ0n) is 12.0. The predicted octanol–water partition coefficient (Wildman–Crippen LogP) is 3.72. The molecule has 1 amide bonds. The smallest absolute Gasteiger partial charge is 0.228 e. The Labute approximate surface area is 126 Å². The summed E-state index contributed by atoms with van der Waals surface area (Å²) in [5.41, 5.74) is 1.39. The lowest BCUT2D eigenvalue weighted by Crippen LogP contribution is -2.15. The van der Waals surface area contributed by atoms with Crippen molar-refractivity contribution in [2.75, 3.05) is 12.4 Å². The maximum absolute atomic E-state index is 13.1. The van der Waals surface area contributed by atoms with Crippen molar-refractivity contribution < 1.29 is 18.3 Å². The highest BCUT2D eigenvalue weighted by molar-refractivity contribution is 5.96. The molecule has 1 saturated carbocycles. The summed E-state index contributed by atoms with van der Waals surface area (Å²) in [6, 6.07) is 10.2. The van der Waals surface area contributed by atoms with E-state index in [1.54, 1.807) is 12.1 Å². The molecule has 0 bridgehead atoms. The van der Waals surface area contributed by atoms with E-state index in [1.807, 2.05) is 0 Å². The first-order chi connectivity index (χ1) is 10.6. The van der Waals surface area contributed by atoms with E-state index in [4.69, 9.17) is 4.74 Å². The number of hydrogen-bond acceptors (Lipinski definition) is 2. The fraction of sp³-hybridized carbons (Fsp3) is 0.235. The molecule has 114 valence electrons. The van der Waals surface area contributed by atoms with E-state index in [0.29, 0.717) is 5.69 Å². The molecule has 3 rings (SSSR count). The Morgan fingerprint density at radius 1 is 1.14 bits per heavy atom. The number of carbonyl (C=O) groups is 1. The third-order valence-electron chi connectivity index (χ3n) is 3.85. The number of nitrogens with one attached hydrogen (secondary N) is 1. The Balaban J connectivity index is 1.68. The van der Waals surface area contributed by atoms with Gasteiger partial charge in [0.25, 0.3) is 0 Å². The summed E-state index contributed by atoms with van der Waals surface area (Å²) in [4.78, 5) is 12.2. The van der Waals surface area contributed by atoms with Gasteiger partial charge in [0, 0.05) is 12.0 Å². The van der Waals surface area contributed by atoms with Crippen LogP contribution >= 0.6 is 0 Å². The SMILES string of the molecule is COc1cc(F)ccc1NC(=O)[C@H]1C[C@H]1c1ccc(F)cc1. The normalized spacial score (nSPS) is 19.6. The molecule has 0 aliphatic heterocycles. The van der Waals surface area contributed by atoms with Gasteiger partial charge in [-0.2, -0.15) is 0 Å². The second kappa shape index (κ2) is 5.75. The van der Waals surface area contributed by atoms with Crippen molar-refractivity contribution in [2.45, 2.75) is 12.3 Å². The summed E-state index contributed by atoms with van der Waals surface area (Å²) >= 11 is 0. The van der Waals surface area contributed by atoms with Gasteiger partial charge in [0.1, 0.15) is 17.4 Å². The van der Waals surface area contributed by atoms with Crippen molar-refractivity contribution in [2.24, 2.45) is 5.92 Å². The Morgan fingerprint density at radius 2 is 1.82 bits per heavy atom. The minimum Gasteiger partial charge on any atom is -0.494 e. The van der Waals surface area contributed by atoms with Gasteiger partial charge in [-0.3, -0.25) is 4.79 Å². The quantitative estimate of drug-likeness (QED) is 0.935. The number of hydrogen-bond donors (Lipinski definition) is 1. The van der Waals surface area contributed by atoms with Gasteiger partial charge in [-0.05, 0) is 42.2 Å². The third-order valence-corrected chi connectivity index (χ3v) is 3.85. The van der Waals surface area contributed by atoms with E-state index in [0.717, 1.165) is 12.0 Å². The largest absolute Gasteiger partial charge is 0.494 e. The van der Waals surface area contributed by atoms with Gasteiger partial charge in [-0.15, -0.1) is 0 Å². The second-order valence-electron chi connectivity index (χ2n) is 5.33. The highest BCUT2D eigenvalue weighted by Crippen LogP contribution is 2.48. The minimum atomic E-state index is -0.426. The van der Waals surface area contributed by atoms with E-state index in [1.165, 1.54) is 37.4 Å². The maximum Gasteiger partial charge on any atom is 0.228 e. The number of amides is 1. The Bertz CT molecular complexity index is 700. The first kappa shape index (κ1) is 14.5. The number of ether oxygens (including phenoxy) is 1. The summed E-state index contributed by atoms with van der Waals surface area (Å²) < 4.78 is 31.1. The van der Waals surface area contributed by atoms with E-state index < -0.39 is 5.82 Å². The molecule has 0 spiro atoms. The van der Waals surface area contributed by atoms with Crippen LogP contribution in [0.5, 0.6) is 5.75 Å². The average Bonchev–Trinajstić information content (AvgIpc) is 3.30. The first-order valence-corrected chi connectivity index (χ1v) is 6.98. The molecular weight excluding hydrogens is 288 g/mol. The van der Waals surface area contributed by atoms with Crippen molar-refractivity contribution in [3.8, 4) is 5.75 Å². The molecule has 1 aliphatic carbocycles. The third kappa shape index (κ3) is 2.93. The van der Waals surface area contributed by atoms with Crippen LogP contribution in [0.15, 0.2) is 42.5 Å². The van der Waals surface area contributed by atoms with Crippen molar-refractivity contribution in [1.29, 1.82) is 0 Å². The van der Waals surface area contributed by atoms with Crippen LogP contribution in [-0.4, -0.2) is 13.0 Å². The Kier molecular flexibility index (Phi) is 3.79. The molecule has 0 aromatic heterocycles. The summed E-state index contributed by atoms with van der Waals surface area (Å²) in [5, 5.41) is 2.76. The fourth-order valence-corrected chi connectivity index (χ4v) is 2.56. The van der Waals surface area contributed by atoms with Crippen LogP contribution in [0.3, 0.4) is 0 Å². The molecule has 1 fully saturated rings. The van der Waals surface area contributed by atoms with E-state index >= 15 is 0 Å². The van der Waals surface area contributed by atoms with E-state index in [9.17, 15) is 13.6 Å². The molecule has 5 heteroatoms. The van der Waals surface area contributed by atoms with Crippen molar-refractivity contribution in [3.63, 3.8) is 0 Å². The molecule has 2 aromatic rings. The Hall–Kier alpha value is -2.43. The summed E-state index contributed by atoms with van der Waals surface area (Å²) in [6.45, 7) is 0. The molecule has 0 saturated heterocycles. The molecule has 0 radical (unpaired) electrons. The van der Waals surface area contributed by atoms with Gasteiger partial charge in [0.2, 0.25) is 5.91 Å². The molecule has 1 N–H and O–H groups in total. The van der Waals surface area contributed by atoms with Crippen LogP contribution < -0.4 is 10.1 Å². The fourth-order valence-electron chi connectivity index (χ4n) is 2.56. The number of halogens is 2. The highest BCUT2D eigenvalue weighted by Gasteiger charge is 2.44. The second-order valence-corrected chi connectivity index (χ2v) is 5.33. The van der Waals surface area contributed by atoms with Gasteiger partial charge < -0.3 is 10.1 Å². The lowest BCUT2D eigenvalue weighted by molar-refractivity contribution is -0.117. The van der Waals surface area contributed by atoms with Gasteiger partial charge in [-0.1, -0.05) is 12.1 Å². The molecule has 0 unspecified atom stereocenters. The van der Waals surface area contributed by atoms with E-state index in [2.05, 4.69) is 5.32 Å². The number of carbonyl (C=O) groups excluding carboxylic acids is 1. The molecular formula is C17H15F2NO2. The average molecular weight is 303 g/mol. The topological polar surface area (TPSA) is 38.3 Å². The minimum absolute atomic E-state index is 0.104. The number of methoxy groups -OCH3 is 1. The van der Waals surface area contributed by atoms with Gasteiger partial charge >= 0.3 is 0 Å².